The monoisotopic (exact) mass is 294 g/mol. The first-order valence-electron chi connectivity index (χ1n) is 6.94. The van der Waals surface area contributed by atoms with Gasteiger partial charge < -0.3 is 5.32 Å². The van der Waals surface area contributed by atoms with Crippen molar-refractivity contribution in [1.29, 1.82) is 0 Å². The number of ketones is 1. The van der Waals surface area contributed by atoms with Crippen molar-refractivity contribution in [1.82, 2.24) is 9.62 Å². The van der Waals surface area contributed by atoms with Crippen molar-refractivity contribution in [3.05, 3.63) is 29.8 Å². The van der Waals surface area contributed by atoms with Crippen molar-refractivity contribution < 1.29 is 13.2 Å². The van der Waals surface area contributed by atoms with E-state index in [0.717, 1.165) is 12.8 Å². The molecule has 20 heavy (non-hydrogen) atoms. The van der Waals surface area contributed by atoms with Gasteiger partial charge in [-0.1, -0.05) is 12.1 Å². The predicted molar refractivity (Wildman–Crippen MR) is 75.1 cm³/mol. The number of sulfonamides is 1. The Hall–Kier alpha value is -1.24. The summed E-state index contributed by atoms with van der Waals surface area (Å²) < 4.78 is 26.3. The van der Waals surface area contributed by atoms with Crippen LogP contribution in [0.1, 0.15) is 23.2 Å². The molecule has 108 valence electrons. The first-order valence-corrected chi connectivity index (χ1v) is 8.38. The molecule has 0 atom stereocenters. The molecule has 1 aliphatic carbocycles. The zero-order valence-electron chi connectivity index (χ0n) is 11.2. The molecule has 1 heterocycles. The molecule has 0 spiro atoms. The number of carbonyl (C=O) groups excluding carboxylic acids is 1. The van der Waals surface area contributed by atoms with Gasteiger partial charge in [-0.15, -0.1) is 0 Å². The minimum Gasteiger partial charge on any atom is -0.314 e. The lowest BCUT2D eigenvalue weighted by Crippen LogP contribution is -2.46. The molecular formula is C14H18N2O3S. The fourth-order valence-corrected chi connectivity index (χ4v) is 3.85. The molecule has 0 unspecified atom stereocenters. The molecule has 2 aliphatic rings. The van der Waals surface area contributed by atoms with E-state index in [0.29, 0.717) is 31.7 Å². The van der Waals surface area contributed by atoms with Gasteiger partial charge in [0, 0.05) is 37.7 Å². The van der Waals surface area contributed by atoms with E-state index < -0.39 is 10.0 Å². The van der Waals surface area contributed by atoms with Gasteiger partial charge in [0.2, 0.25) is 10.0 Å². The number of Topliss-reactive ketones (excluding diaryl/α,β-unsaturated/α-hetero) is 1. The predicted octanol–water partition coefficient (Wildman–Crippen LogP) is 0.873. The van der Waals surface area contributed by atoms with Gasteiger partial charge in [0.15, 0.2) is 5.78 Å². The highest BCUT2D eigenvalue weighted by atomic mass is 32.2. The number of carbonyl (C=O) groups is 1. The molecule has 6 heteroatoms. The van der Waals surface area contributed by atoms with E-state index in [-0.39, 0.29) is 16.6 Å². The van der Waals surface area contributed by atoms with Gasteiger partial charge >= 0.3 is 0 Å². The van der Waals surface area contributed by atoms with E-state index in [1.807, 2.05) is 0 Å². The van der Waals surface area contributed by atoms with Crippen LogP contribution in [0.15, 0.2) is 29.2 Å². The maximum absolute atomic E-state index is 12.4. The second-order valence-corrected chi connectivity index (χ2v) is 7.25. The summed E-state index contributed by atoms with van der Waals surface area (Å²) >= 11 is 0. The second-order valence-electron chi connectivity index (χ2n) is 5.32. The van der Waals surface area contributed by atoms with E-state index in [4.69, 9.17) is 0 Å². The molecule has 1 N–H and O–H groups in total. The summed E-state index contributed by atoms with van der Waals surface area (Å²) in [5.74, 6) is 0.293. The normalized spacial score (nSPS) is 20.8. The number of nitrogens with zero attached hydrogens (tertiary/aromatic N) is 1. The van der Waals surface area contributed by atoms with Crippen molar-refractivity contribution in [3.63, 3.8) is 0 Å². The van der Waals surface area contributed by atoms with Gasteiger partial charge in [0.25, 0.3) is 0 Å². The number of rotatable bonds is 4. The van der Waals surface area contributed by atoms with E-state index >= 15 is 0 Å². The average Bonchev–Trinajstić information content (AvgIpc) is 3.32. The molecule has 0 aromatic heterocycles. The van der Waals surface area contributed by atoms with Crippen LogP contribution in [0.25, 0.3) is 0 Å². The van der Waals surface area contributed by atoms with Crippen LogP contribution in [0.3, 0.4) is 0 Å². The smallest absolute Gasteiger partial charge is 0.243 e. The zero-order valence-corrected chi connectivity index (χ0v) is 12.0. The molecule has 2 fully saturated rings. The Kier molecular flexibility index (Phi) is 3.62. The molecule has 1 aliphatic heterocycles. The Labute approximate surface area is 119 Å². The van der Waals surface area contributed by atoms with Crippen LogP contribution in [0.4, 0.5) is 0 Å². The number of hydrogen-bond acceptors (Lipinski definition) is 4. The molecule has 0 bridgehead atoms. The number of benzene rings is 1. The Balaban J connectivity index is 1.80. The summed E-state index contributed by atoms with van der Waals surface area (Å²) in [7, 11) is -3.43. The second kappa shape index (κ2) is 5.27. The third-order valence-corrected chi connectivity index (χ3v) is 5.71. The van der Waals surface area contributed by atoms with Gasteiger partial charge in [-0.2, -0.15) is 4.31 Å². The summed E-state index contributed by atoms with van der Waals surface area (Å²) in [6.07, 6.45) is 1.92. The maximum atomic E-state index is 12.4. The van der Waals surface area contributed by atoms with Crippen molar-refractivity contribution in [3.8, 4) is 0 Å². The van der Waals surface area contributed by atoms with Crippen molar-refractivity contribution in [2.75, 3.05) is 26.2 Å². The first kappa shape index (κ1) is 13.7. The minimum absolute atomic E-state index is 0.135. The van der Waals surface area contributed by atoms with Crippen molar-refractivity contribution >= 4 is 15.8 Å². The minimum atomic E-state index is -3.43. The van der Waals surface area contributed by atoms with Crippen molar-refractivity contribution in [2.45, 2.75) is 17.7 Å². The van der Waals surface area contributed by atoms with Crippen LogP contribution in [-0.2, 0) is 10.0 Å². The highest BCUT2D eigenvalue weighted by molar-refractivity contribution is 7.89. The molecule has 1 saturated carbocycles. The molecule has 0 radical (unpaired) electrons. The number of nitrogens with one attached hydrogen (secondary N) is 1. The third kappa shape index (κ3) is 2.63. The molecule has 0 amide bonds. The Morgan fingerprint density at radius 1 is 1.10 bits per heavy atom. The van der Waals surface area contributed by atoms with E-state index in [1.54, 1.807) is 24.3 Å². The van der Waals surface area contributed by atoms with Gasteiger partial charge in [-0.25, -0.2) is 8.42 Å². The molecule has 1 saturated heterocycles. The number of hydrogen-bond donors (Lipinski definition) is 1. The molecule has 1 aromatic carbocycles. The zero-order chi connectivity index (χ0) is 14.2. The lowest BCUT2D eigenvalue weighted by Gasteiger charge is -2.26. The highest BCUT2D eigenvalue weighted by Gasteiger charge is 2.31. The fraction of sp³-hybridized carbons (Fsp3) is 0.500. The summed E-state index contributed by atoms with van der Waals surface area (Å²) in [6, 6.07) is 6.37. The number of piperazine rings is 1. The van der Waals surface area contributed by atoms with Crippen molar-refractivity contribution in [2.24, 2.45) is 5.92 Å². The molecular weight excluding hydrogens is 276 g/mol. The lowest BCUT2D eigenvalue weighted by atomic mass is 10.1. The lowest BCUT2D eigenvalue weighted by molar-refractivity contribution is 0.0967. The fourth-order valence-electron chi connectivity index (χ4n) is 2.41. The Morgan fingerprint density at radius 3 is 2.25 bits per heavy atom. The van der Waals surface area contributed by atoms with Gasteiger partial charge in [0.05, 0.1) is 4.90 Å². The highest BCUT2D eigenvalue weighted by Crippen LogP contribution is 2.32. The maximum Gasteiger partial charge on any atom is 0.243 e. The summed E-state index contributed by atoms with van der Waals surface area (Å²) in [5.41, 5.74) is 0.617. The summed E-state index contributed by atoms with van der Waals surface area (Å²) in [5, 5.41) is 3.13. The Morgan fingerprint density at radius 2 is 1.70 bits per heavy atom. The van der Waals surface area contributed by atoms with E-state index in [1.165, 1.54) is 4.31 Å². The topological polar surface area (TPSA) is 66.5 Å². The third-order valence-electron chi connectivity index (χ3n) is 3.80. The standard InChI is InChI=1S/C14H18N2O3S/c17-14(11-1-2-11)12-3-5-13(6-4-12)20(18,19)16-9-7-15-8-10-16/h3-6,11,15H,1-2,7-10H2. The molecule has 3 rings (SSSR count). The van der Waals surface area contributed by atoms with Crippen LogP contribution >= 0.6 is 0 Å². The van der Waals surface area contributed by atoms with Crippen LogP contribution < -0.4 is 5.32 Å². The van der Waals surface area contributed by atoms with Gasteiger partial charge in [-0.3, -0.25) is 4.79 Å². The Bertz CT molecular complexity index is 600. The van der Waals surface area contributed by atoms with Crippen LogP contribution in [0.5, 0.6) is 0 Å². The average molecular weight is 294 g/mol. The SMILES string of the molecule is O=C(c1ccc(S(=O)(=O)N2CCNCC2)cc1)C1CC1. The van der Waals surface area contributed by atoms with Crippen LogP contribution in [0.2, 0.25) is 0 Å². The molecule has 1 aromatic rings. The van der Waals surface area contributed by atoms with Gasteiger partial charge in [0.1, 0.15) is 0 Å². The van der Waals surface area contributed by atoms with E-state index in [2.05, 4.69) is 5.32 Å². The quantitative estimate of drug-likeness (QED) is 0.837. The summed E-state index contributed by atoms with van der Waals surface area (Å²) in [6.45, 7) is 2.34. The molecule has 5 nitrogen and oxygen atoms in total. The van der Waals surface area contributed by atoms with Crippen LogP contribution in [-0.4, -0.2) is 44.7 Å². The van der Waals surface area contributed by atoms with Gasteiger partial charge in [-0.05, 0) is 25.0 Å². The summed E-state index contributed by atoms with van der Waals surface area (Å²) in [4.78, 5) is 12.2. The first-order chi connectivity index (χ1) is 9.59. The van der Waals surface area contributed by atoms with Crippen LogP contribution in [0, 0.1) is 5.92 Å². The largest absolute Gasteiger partial charge is 0.314 e. The van der Waals surface area contributed by atoms with E-state index in [9.17, 15) is 13.2 Å².